The molecule has 0 radical (unpaired) electrons. The molecule has 2 heteroatoms. The van der Waals surface area contributed by atoms with Crippen LogP contribution >= 0.6 is 0 Å². The molecule has 0 amide bonds. The standard InChI is InChI=1S/C20H32O2/c1-15-6-5-7-18-19(15,3)11-8-16(2)20(18,4)12-9-17(14-22)10-13-21/h5-6,10,16,18,21-22H,1,7-9,11-14H2,2-4H3/b17-10-/t16-,18+,19+,20+/m1/s1. The first-order chi connectivity index (χ1) is 10.4. The Morgan fingerprint density at radius 2 is 2.14 bits per heavy atom. The van der Waals surface area contributed by atoms with Gasteiger partial charge in [0.2, 0.25) is 0 Å². The summed E-state index contributed by atoms with van der Waals surface area (Å²) in [5.41, 5.74) is 2.73. The van der Waals surface area contributed by atoms with Crippen LogP contribution in [0.2, 0.25) is 0 Å². The molecule has 0 bridgehead atoms. The molecule has 2 N–H and O–H groups in total. The van der Waals surface area contributed by atoms with Crippen LogP contribution in [0.3, 0.4) is 0 Å². The van der Waals surface area contributed by atoms with Crippen molar-refractivity contribution in [2.45, 2.75) is 52.9 Å². The van der Waals surface area contributed by atoms with E-state index in [2.05, 4.69) is 39.5 Å². The maximum Gasteiger partial charge on any atom is 0.0642 e. The maximum absolute atomic E-state index is 9.46. The van der Waals surface area contributed by atoms with Gasteiger partial charge in [-0.15, -0.1) is 0 Å². The first-order valence-corrected chi connectivity index (χ1v) is 8.64. The van der Waals surface area contributed by atoms with Gasteiger partial charge in [0.25, 0.3) is 0 Å². The normalized spacial score (nSPS) is 39.0. The lowest BCUT2D eigenvalue weighted by molar-refractivity contribution is -0.0373. The minimum absolute atomic E-state index is 0.0167. The van der Waals surface area contributed by atoms with Crippen LogP contribution in [0.4, 0.5) is 0 Å². The van der Waals surface area contributed by atoms with E-state index in [4.69, 9.17) is 5.11 Å². The first-order valence-electron chi connectivity index (χ1n) is 8.64. The van der Waals surface area contributed by atoms with Crippen LogP contribution < -0.4 is 0 Å². The molecule has 0 aromatic carbocycles. The second kappa shape index (κ2) is 6.72. The van der Waals surface area contributed by atoms with Crippen molar-refractivity contribution in [1.82, 2.24) is 0 Å². The van der Waals surface area contributed by atoms with Crippen molar-refractivity contribution in [2.75, 3.05) is 13.2 Å². The molecule has 0 saturated heterocycles. The monoisotopic (exact) mass is 304 g/mol. The number of fused-ring (bicyclic) bond motifs is 1. The second-order valence-corrected chi connectivity index (χ2v) is 7.78. The van der Waals surface area contributed by atoms with Gasteiger partial charge < -0.3 is 10.2 Å². The molecule has 2 aliphatic carbocycles. The molecule has 2 rings (SSSR count). The Balaban J connectivity index is 2.23. The molecular weight excluding hydrogens is 272 g/mol. The van der Waals surface area contributed by atoms with Crippen molar-refractivity contribution >= 4 is 0 Å². The third kappa shape index (κ3) is 2.96. The summed E-state index contributed by atoms with van der Waals surface area (Å²) in [6, 6.07) is 0. The highest BCUT2D eigenvalue weighted by Gasteiger charge is 2.52. The molecular formula is C20H32O2. The smallest absolute Gasteiger partial charge is 0.0642 e. The summed E-state index contributed by atoms with van der Waals surface area (Å²) in [6.45, 7) is 11.6. The maximum atomic E-state index is 9.46. The minimum atomic E-state index is 0.0167. The summed E-state index contributed by atoms with van der Waals surface area (Å²) >= 11 is 0. The quantitative estimate of drug-likeness (QED) is 0.745. The first kappa shape index (κ1) is 17.5. The van der Waals surface area contributed by atoms with E-state index < -0.39 is 0 Å². The van der Waals surface area contributed by atoms with Gasteiger partial charge in [0.1, 0.15) is 0 Å². The number of aliphatic hydroxyl groups excluding tert-OH is 2. The van der Waals surface area contributed by atoms with Gasteiger partial charge in [0.15, 0.2) is 0 Å². The molecule has 0 aliphatic heterocycles. The van der Waals surface area contributed by atoms with Crippen molar-refractivity contribution in [3.63, 3.8) is 0 Å². The topological polar surface area (TPSA) is 40.5 Å². The Kier molecular flexibility index (Phi) is 5.34. The van der Waals surface area contributed by atoms with E-state index in [1.807, 2.05) is 0 Å². The average Bonchev–Trinajstić information content (AvgIpc) is 2.50. The van der Waals surface area contributed by atoms with Crippen LogP contribution in [0.1, 0.15) is 52.9 Å². The number of hydrogen-bond donors (Lipinski definition) is 2. The van der Waals surface area contributed by atoms with E-state index in [1.165, 1.54) is 18.4 Å². The Morgan fingerprint density at radius 1 is 1.41 bits per heavy atom. The van der Waals surface area contributed by atoms with Crippen molar-refractivity contribution < 1.29 is 10.2 Å². The highest BCUT2D eigenvalue weighted by Crippen LogP contribution is 2.61. The molecule has 1 fully saturated rings. The van der Waals surface area contributed by atoms with Crippen LogP contribution in [0.15, 0.2) is 36.0 Å². The fraction of sp³-hybridized carbons (Fsp3) is 0.700. The molecule has 0 unspecified atom stereocenters. The zero-order valence-corrected chi connectivity index (χ0v) is 14.4. The molecule has 1 saturated carbocycles. The Morgan fingerprint density at radius 3 is 2.77 bits per heavy atom. The molecule has 0 aromatic heterocycles. The Labute approximate surface area is 135 Å². The van der Waals surface area contributed by atoms with Crippen molar-refractivity contribution in [1.29, 1.82) is 0 Å². The zero-order chi connectivity index (χ0) is 16.4. The summed E-state index contributed by atoms with van der Waals surface area (Å²) in [6.07, 6.45) is 11.8. The summed E-state index contributed by atoms with van der Waals surface area (Å²) in [7, 11) is 0. The van der Waals surface area contributed by atoms with Gasteiger partial charge in [0.05, 0.1) is 13.2 Å². The molecule has 22 heavy (non-hydrogen) atoms. The fourth-order valence-electron chi connectivity index (χ4n) is 4.77. The minimum Gasteiger partial charge on any atom is -0.392 e. The second-order valence-electron chi connectivity index (χ2n) is 7.78. The summed E-state index contributed by atoms with van der Waals surface area (Å²) in [4.78, 5) is 0. The van der Waals surface area contributed by atoms with E-state index in [-0.39, 0.29) is 24.0 Å². The van der Waals surface area contributed by atoms with Crippen LogP contribution in [0, 0.1) is 22.7 Å². The van der Waals surface area contributed by atoms with Gasteiger partial charge in [-0.1, -0.05) is 45.6 Å². The number of hydrogen-bond acceptors (Lipinski definition) is 2. The van der Waals surface area contributed by atoms with Crippen molar-refractivity contribution in [2.24, 2.45) is 22.7 Å². The third-order valence-corrected chi connectivity index (χ3v) is 6.78. The number of aliphatic hydroxyl groups is 2. The van der Waals surface area contributed by atoms with E-state index >= 15 is 0 Å². The van der Waals surface area contributed by atoms with E-state index in [0.29, 0.717) is 11.8 Å². The Hall–Kier alpha value is -0.860. The lowest BCUT2D eigenvalue weighted by atomic mass is 9.47. The zero-order valence-electron chi connectivity index (χ0n) is 14.4. The fourth-order valence-corrected chi connectivity index (χ4v) is 4.77. The van der Waals surface area contributed by atoms with Crippen molar-refractivity contribution in [3.05, 3.63) is 36.0 Å². The lowest BCUT2D eigenvalue weighted by Crippen LogP contribution is -2.49. The van der Waals surface area contributed by atoms with Gasteiger partial charge in [-0.05, 0) is 65.9 Å². The third-order valence-electron chi connectivity index (χ3n) is 6.78. The molecule has 124 valence electrons. The number of allylic oxidation sites excluding steroid dienone is 3. The molecule has 0 spiro atoms. The summed E-state index contributed by atoms with van der Waals surface area (Å²) in [5.74, 6) is 1.30. The van der Waals surface area contributed by atoms with Gasteiger partial charge in [-0.2, -0.15) is 0 Å². The van der Waals surface area contributed by atoms with Crippen LogP contribution in [0.25, 0.3) is 0 Å². The van der Waals surface area contributed by atoms with Crippen molar-refractivity contribution in [3.8, 4) is 0 Å². The predicted octanol–water partition coefficient (Wildman–Crippen LogP) is 4.25. The Bertz CT molecular complexity index is 476. The number of rotatable bonds is 5. The highest BCUT2D eigenvalue weighted by atomic mass is 16.3. The van der Waals surface area contributed by atoms with Crippen LogP contribution in [-0.4, -0.2) is 23.4 Å². The van der Waals surface area contributed by atoms with Crippen LogP contribution in [0.5, 0.6) is 0 Å². The van der Waals surface area contributed by atoms with E-state index in [0.717, 1.165) is 24.8 Å². The molecule has 2 nitrogen and oxygen atoms in total. The summed E-state index contributed by atoms with van der Waals surface area (Å²) < 4.78 is 0. The van der Waals surface area contributed by atoms with E-state index in [1.54, 1.807) is 6.08 Å². The van der Waals surface area contributed by atoms with Crippen LogP contribution in [-0.2, 0) is 0 Å². The molecule has 0 heterocycles. The predicted molar refractivity (Wildman–Crippen MR) is 92.5 cm³/mol. The molecule has 2 aliphatic rings. The molecule has 4 atom stereocenters. The van der Waals surface area contributed by atoms with Gasteiger partial charge in [0, 0.05) is 0 Å². The largest absolute Gasteiger partial charge is 0.392 e. The highest BCUT2D eigenvalue weighted by molar-refractivity contribution is 5.30. The van der Waals surface area contributed by atoms with Gasteiger partial charge in [-0.3, -0.25) is 0 Å². The van der Waals surface area contributed by atoms with E-state index in [9.17, 15) is 5.11 Å². The lowest BCUT2D eigenvalue weighted by Gasteiger charge is -2.57. The summed E-state index contributed by atoms with van der Waals surface area (Å²) in [5, 5.41) is 18.5. The SMILES string of the molecule is C=C1C=CC[C@@H]2[C@@](C)(CC/C(=C/CO)CO)[C@H](C)CC[C@@]12C. The van der Waals surface area contributed by atoms with Gasteiger partial charge >= 0.3 is 0 Å². The molecule has 0 aromatic rings. The average molecular weight is 304 g/mol. The van der Waals surface area contributed by atoms with Gasteiger partial charge in [-0.25, -0.2) is 0 Å².